The number of terminal acetylenes is 1. The Hall–Kier alpha value is -4.44. The van der Waals surface area contributed by atoms with Crippen LogP contribution in [0.4, 0.5) is 0 Å². The Labute approximate surface area is 197 Å². The zero-order valence-corrected chi connectivity index (χ0v) is 18.9. The smallest absolute Gasteiger partial charge is 0.120 e. The van der Waals surface area contributed by atoms with Gasteiger partial charge in [0.2, 0.25) is 0 Å². The highest BCUT2D eigenvalue weighted by atomic mass is 16.5. The molecule has 2 heteroatoms. The molecule has 32 heavy (non-hydrogen) atoms. The van der Waals surface area contributed by atoms with Gasteiger partial charge in [-0.05, 0) is 94.8 Å². The Balaban J connectivity index is -0.000000258. The molecule has 2 N–H and O–H groups in total. The number of hydrogen-bond acceptors (Lipinski definition) is 1. The van der Waals surface area contributed by atoms with Crippen molar-refractivity contribution in [1.82, 2.24) is 0 Å². The first kappa shape index (κ1) is 27.6. The molecule has 0 heterocycles. The van der Waals surface area contributed by atoms with E-state index in [2.05, 4.69) is 116 Å². The van der Waals surface area contributed by atoms with Gasteiger partial charge in [0.25, 0.3) is 0 Å². The topological polar surface area (TPSA) is 40.7 Å². The first-order valence-corrected chi connectivity index (χ1v) is 9.62. The maximum Gasteiger partial charge on any atom is 0.120 e. The lowest BCUT2D eigenvalue weighted by Gasteiger charge is -2.19. The predicted octanol–water partition coefficient (Wildman–Crippen LogP) is 5.13. The summed E-state index contributed by atoms with van der Waals surface area (Å²) in [5, 5.41) is 0. The summed E-state index contributed by atoms with van der Waals surface area (Å²) in [6.07, 6.45) is 4.86. The molecule has 0 aliphatic carbocycles. The molecule has 0 spiro atoms. The van der Waals surface area contributed by atoms with Crippen LogP contribution in [0.5, 0.6) is 5.75 Å². The lowest BCUT2D eigenvalue weighted by atomic mass is 9.87. The first-order valence-electron chi connectivity index (χ1n) is 9.62. The van der Waals surface area contributed by atoms with E-state index in [0.717, 1.165) is 5.75 Å². The number of benzene rings is 2. The zero-order chi connectivity index (χ0) is 22.8. The fraction of sp³-hybridized carbons (Fsp3) is 0.200. The normalized spacial score (nSPS) is 7.84. The highest BCUT2D eigenvalue weighted by Crippen LogP contribution is 2.25. The molecule has 2 nitrogen and oxygen atoms in total. The quantitative estimate of drug-likeness (QED) is 0.630. The summed E-state index contributed by atoms with van der Waals surface area (Å²) in [6, 6.07) is 18.6. The van der Waals surface area contributed by atoms with Crippen LogP contribution in [0.15, 0.2) is 54.6 Å². The van der Waals surface area contributed by atoms with Gasteiger partial charge in [-0.2, -0.15) is 0 Å². The maximum atomic E-state index is 5.83. The Bertz CT molecular complexity index is 1210. The highest BCUT2D eigenvalue weighted by Gasteiger charge is 2.13. The van der Waals surface area contributed by atoms with Gasteiger partial charge in [-0.1, -0.05) is 69.2 Å². The molecule has 2 rings (SSSR count). The lowest BCUT2D eigenvalue weighted by molar-refractivity contribution is 0.305. The summed E-state index contributed by atoms with van der Waals surface area (Å²) in [5.41, 5.74) is 2.65. The minimum absolute atomic E-state index is 0. The van der Waals surface area contributed by atoms with E-state index in [1.54, 1.807) is 6.92 Å². The van der Waals surface area contributed by atoms with Gasteiger partial charge >= 0.3 is 0 Å². The van der Waals surface area contributed by atoms with Gasteiger partial charge in [0.15, 0.2) is 0 Å². The van der Waals surface area contributed by atoms with E-state index in [1.165, 1.54) is 11.1 Å². The molecule has 0 atom stereocenters. The second kappa shape index (κ2) is 16.4. The van der Waals surface area contributed by atoms with Gasteiger partial charge in [-0.15, -0.1) is 6.42 Å². The van der Waals surface area contributed by atoms with Crippen LogP contribution in [0.3, 0.4) is 0 Å². The van der Waals surface area contributed by atoms with Crippen LogP contribution in [0.25, 0.3) is 0 Å². The maximum absolute atomic E-state index is 5.83. The van der Waals surface area contributed by atoms with E-state index in [0.29, 0.717) is 6.61 Å². The fourth-order valence-electron chi connectivity index (χ4n) is 2.11. The van der Waals surface area contributed by atoms with Crippen molar-refractivity contribution in [3.8, 4) is 77.3 Å². The van der Waals surface area contributed by atoms with Crippen molar-refractivity contribution in [2.24, 2.45) is 0 Å². The van der Waals surface area contributed by atoms with Gasteiger partial charge in [-0.3, -0.25) is 0 Å². The van der Waals surface area contributed by atoms with Gasteiger partial charge in [0.05, 0.1) is 0 Å². The number of hydrogen-bond donors (Lipinski definition) is 0. The second-order valence-electron chi connectivity index (χ2n) is 7.07. The molecule has 0 unspecified atom stereocenters. The molecule has 2 aromatic carbocycles. The van der Waals surface area contributed by atoms with E-state index in [4.69, 9.17) is 11.2 Å². The van der Waals surface area contributed by atoms with Crippen molar-refractivity contribution >= 4 is 0 Å². The number of ether oxygens (including phenoxy) is 1. The van der Waals surface area contributed by atoms with E-state index < -0.39 is 0 Å². The molecule has 0 amide bonds. The molecule has 0 aliphatic rings. The highest BCUT2D eigenvalue weighted by molar-refractivity contribution is 5.43. The zero-order valence-electron chi connectivity index (χ0n) is 18.9. The Morgan fingerprint density at radius 1 is 0.781 bits per heavy atom. The van der Waals surface area contributed by atoms with Gasteiger partial charge in [-0.25, -0.2) is 0 Å². The molecule has 164 valence electrons. The largest absolute Gasteiger partial charge is 0.489 e. The molecule has 0 saturated heterocycles. The van der Waals surface area contributed by atoms with Gasteiger partial charge < -0.3 is 10.2 Å². The van der Waals surface area contributed by atoms with Crippen molar-refractivity contribution in [1.29, 1.82) is 0 Å². The van der Waals surface area contributed by atoms with Gasteiger partial charge in [0.1, 0.15) is 12.4 Å². The van der Waals surface area contributed by atoms with Crippen LogP contribution < -0.4 is 4.74 Å². The number of rotatable bonds is 3. The fourth-order valence-corrected chi connectivity index (χ4v) is 2.11. The van der Waals surface area contributed by atoms with Crippen LogP contribution in [0, 0.1) is 71.5 Å². The molecule has 0 bridgehead atoms. The molecule has 0 radical (unpaired) electrons. The Morgan fingerprint density at radius 2 is 1.34 bits per heavy atom. The summed E-state index contributed by atoms with van der Waals surface area (Å²) < 4.78 is 5.83. The summed E-state index contributed by atoms with van der Waals surface area (Å²) in [4.78, 5) is 0. The molecule has 0 aromatic heterocycles. The van der Waals surface area contributed by atoms with Crippen LogP contribution in [0.1, 0.15) is 43.1 Å². The monoisotopic (exact) mass is 424 g/mol. The van der Waals surface area contributed by atoms with Crippen LogP contribution in [-0.2, 0) is 12.0 Å². The average molecular weight is 425 g/mol. The van der Waals surface area contributed by atoms with E-state index in [-0.39, 0.29) is 15.2 Å². The molecular weight excluding hydrogens is 392 g/mol. The molecular formula is C30H32O2. The summed E-state index contributed by atoms with van der Waals surface area (Å²) in [7, 11) is 0. The Morgan fingerprint density at radius 3 is 1.88 bits per heavy atom. The molecule has 0 aliphatic heterocycles. The van der Waals surface area contributed by atoms with Gasteiger partial charge in [0, 0.05) is 4.28 Å². The summed E-state index contributed by atoms with van der Waals surface area (Å²) in [5.74, 6) is 27.9. The minimum atomic E-state index is 0. The standard InChI is InChI=1S/C17H20O.C13H4.H2O.3H2/c1-17(2,3)15-10-7-11-16(12-15)18-13-14-8-5-4-6-9-14;1-3-5-7-9-11-13-12-10-8-6-4-2;;;;/h4-12H,13H2,1-3H3;1H,2H3;1H2;3*1H. The lowest BCUT2D eigenvalue weighted by Crippen LogP contribution is -2.10. The van der Waals surface area contributed by atoms with E-state index in [1.807, 2.05) is 24.3 Å². The van der Waals surface area contributed by atoms with Crippen LogP contribution in [-0.4, -0.2) is 5.48 Å². The SMILES string of the molecule is C#CC#CC#CC#CC#CC#CC.CC(C)(C)c1cccc(OCc2ccccc2)c1.O.[HH].[HH].[HH]. The average Bonchev–Trinajstić information content (AvgIpc) is 2.77. The summed E-state index contributed by atoms with van der Waals surface area (Å²) in [6.45, 7) is 8.96. The molecule has 2 aromatic rings. The van der Waals surface area contributed by atoms with E-state index >= 15 is 0 Å². The van der Waals surface area contributed by atoms with Crippen molar-refractivity contribution in [3.63, 3.8) is 0 Å². The third-order valence-electron chi connectivity index (χ3n) is 3.65. The second-order valence-corrected chi connectivity index (χ2v) is 7.07. The summed E-state index contributed by atoms with van der Waals surface area (Å²) >= 11 is 0. The Kier molecular flexibility index (Phi) is 14.1. The van der Waals surface area contributed by atoms with Crippen LogP contribution >= 0.6 is 0 Å². The van der Waals surface area contributed by atoms with Crippen LogP contribution in [0.2, 0.25) is 0 Å². The van der Waals surface area contributed by atoms with Crippen molar-refractivity contribution < 1.29 is 14.5 Å². The van der Waals surface area contributed by atoms with E-state index in [9.17, 15) is 0 Å². The van der Waals surface area contributed by atoms with Crippen molar-refractivity contribution in [2.45, 2.75) is 39.7 Å². The molecule has 0 fully saturated rings. The third-order valence-corrected chi connectivity index (χ3v) is 3.65. The predicted molar refractivity (Wildman–Crippen MR) is 139 cm³/mol. The minimum Gasteiger partial charge on any atom is -0.489 e. The third kappa shape index (κ3) is 12.9. The first-order chi connectivity index (χ1) is 15.0. The van der Waals surface area contributed by atoms with Crippen molar-refractivity contribution in [3.05, 3.63) is 65.7 Å². The van der Waals surface area contributed by atoms with Crippen molar-refractivity contribution in [2.75, 3.05) is 0 Å². The molecule has 0 saturated carbocycles.